The highest BCUT2D eigenvalue weighted by molar-refractivity contribution is 7.18. The molecule has 0 radical (unpaired) electrons. The van der Waals surface area contributed by atoms with Gasteiger partial charge >= 0.3 is 0 Å². The van der Waals surface area contributed by atoms with Crippen LogP contribution in [0, 0.1) is 5.82 Å². The van der Waals surface area contributed by atoms with E-state index < -0.39 is 5.82 Å². The van der Waals surface area contributed by atoms with Crippen molar-refractivity contribution in [2.24, 2.45) is 0 Å². The van der Waals surface area contributed by atoms with Crippen LogP contribution >= 0.6 is 22.9 Å². The van der Waals surface area contributed by atoms with Gasteiger partial charge in [-0.25, -0.2) is 14.4 Å². The lowest BCUT2D eigenvalue weighted by molar-refractivity contribution is 0.636. The Bertz CT molecular complexity index is 1280. The number of nitrogens with one attached hydrogen (secondary N) is 2. The summed E-state index contributed by atoms with van der Waals surface area (Å²) in [6.07, 6.45) is 7.89. The smallest absolute Gasteiger partial charge is 0.253 e. The summed E-state index contributed by atoms with van der Waals surface area (Å²) in [5.74, 6) is -0.548. The molecule has 3 heterocycles. The number of thiazole rings is 1. The van der Waals surface area contributed by atoms with E-state index in [0.717, 1.165) is 10.6 Å². The molecule has 29 heavy (non-hydrogen) atoms. The third kappa shape index (κ3) is 3.42. The molecule has 1 aliphatic carbocycles. The van der Waals surface area contributed by atoms with Crippen LogP contribution in [0.3, 0.4) is 0 Å². The summed E-state index contributed by atoms with van der Waals surface area (Å²) < 4.78 is 16.2. The topological polar surface area (TPSA) is 75.6 Å². The molecule has 1 fully saturated rings. The molecule has 3 aromatic heterocycles. The maximum atomic E-state index is 14.1. The Hall–Kier alpha value is -2.71. The third-order valence-electron chi connectivity index (χ3n) is 5.07. The second kappa shape index (κ2) is 6.96. The maximum Gasteiger partial charge on any atom is 0.253 e. The van der Waals surface area contributed by atoms with Crippen LogP contribution in [0.4, 0.5) is 9.52 Å². The molecule has 0 amide bonds. The number of imidazole rings is 1. The predicted octanol–water partition coefficient (Wildman–Crippen LogP) is 5.15. The van der Waals surface area contributed by atoms with Crippen molar-refractivity contribution < 1.29 is 4.39 Å². The van der Waals surface area contributed by atoms with Gasteiger partial charge in [0.05, 0.1) is 34.7 Å². The highest BCUT2D eigenvalue weighted by Crippen LogP contribution is 2.40. The fraction of sp³-hybridized carbons (Fsp3) is 0.250. The Morgan fingerprint density at radius 2 is 2.17 bits per heavy atom. The minimum absolute atomic E-state index is 0.153. The molecule has 1 aromatic carbocycles. The summed E-state index contributed by atoms with van der Waals surface area (Å²) in [5, 5.41) is 4.80. The summed E-state index contributed by atoms with van der Waals surface area (Å²) in [5.41, 5.74) is 1.35. The van der Waals surface area contributed by atoms with Crippen LogP contribution in [0.1, 0.15) is 37.4 Å². The van der Waals surface area contributed by atoms with Gasteiger partial charge in [0, 0.05) is 28.2 Å². The molecule has 1 aliphatic rings. The van der Waals surface area contributed by atoms with Crippen molar-refractivity contribution >= 4 is 39.0 Å². The molecule has 1 saturated carbocycles. The summed E-state index contributed by atoms with van der Waals surface area (Å²) >= 11 is 7.46. The fourth-order valence-corrected chi connectivity index (χ4v) is 4.57. The van der Waals surface area contributed by atoms with Crippen molar-refractivity contribution in [2.75, 3.05) is 5.32 Å². The van der Waals surface area contributed by atoms with Crippen LogP contribution in [0.5, 0.6) is 0 Å². The Kier molecular flexibility index (Phi) is 4.40. The largest absolute Gasteiger partial charge is 0.355 e. The van der Waals surface area contributed by atoms with Gasteiger partial charge in [0.15, 0.2) is 5.13 Å². The van der Waals surface area contributed by atoms with E-state index in [4.69, 9.17) is 11.6 Å². The average molecular weight is 430 g/mol. The van der Waals surface area contributed by atoms with E-state index in [0.29, 0.717) is 22.1 Å². The van der Waals surface area contributed by atoms with Gasteiger partial charge in [-0.05, 0) is 38.0 Å². The number of benzene rings is 1. The number of nitrogens with zero attached hydrogens (tertiary/aromatic N) is 3. The predicted molar refractivity (Wildman–Crippen MR) is 113 cm³/mol. The van der Waals surface area contributed by atoms with Crippen LogP contribution in [-0.4, -0.2) is 19.5 Å². The standard InChI is InChI=1S/C20H17ClFN5OS/c1-10(14-5-11-4-12(21)6-15(22)18(11)26-19(14)28)25-20-24-8-17(29-20)16-7-23-9-27(16)13-2-3-13/h4-10,13H,2-3H2,1H3,(H,24,25)(H,26,28)/t10-/m0/s1. The van der Waals surface area contributed by atoms with Crippen molar-refractivity contribution in [3.63, 3.8) is 0 Å². The molecule has 0 saturated heterocycles. The number of anilines is 1. The van der Waals surface area contributed by atoms with Gasteiger partial charge < -0.3 is 14.9 Å². The molecule has 6 nitrogen and oxygen atoms in total. The number of fused-ring (bicyclic) bond motifs is 1. The number of hydrogen-bond acceptors (Lipinski definition) is 5. The van der Waals surface area contributed by atoms with Crippen molar-refractivity contribution in [1.82, 2.24) is 19.5 Å². The van der Waals surface area contributed by atoms with Gasteiger partial charge in [0.25, 0.3) is 5.56 Å². The van der Waals surface area contributed by atoms with Crippen LogP contribution < -0.4 is 10.9 Å². The zero-order valence-corrected chi connectivity index (χ0v) is 17.0. The highest BCUT2D eigenvalue weighted by atomic mass is 35.5. The van der Waals surface area contributed by atoms with Crippen LogP contribution in [0.25, 0.3) is 21.5 Å². The first kappa shape index (κ1) is 18.3. The van der Waals surface area contributed by atoms with E-state index >= 15 is 0 Å². The van der Waals surface area contributed by atoms with Crippen LogP contribution in [0.15, 0.2) is 41.7 Å². The maximum absolute atomic E-state index is 14.1. The van der Waals surface area contributed by atoms with Crippen molar-refractivity contribution in [1.29, 1.82) is 0 Å². The summed E-state index contributed by atoms with van der Waals surface area (Å²) in [6, 6.07) is 4.69. The lowest BCUT2D eigenvalue weighted by Gasteiger charge is -2.13. The van der Waals surface area contributed by atoms with Gasteiger partial charge in [-0.15, -0.1) is 0 Å². The molecule has 5 rings (SSSR count). The van der Waals surface area contributed by atoms with Crippen molar-refractivity contribution in [2.45, 2.75) is 31.8 Å². The Morgan fingerprint density at radius 3 is 2.97 bits per heavy atom. The number of hydrogen-bond donors (Lipinski definition) is 2. The van der Waals surface area contributed by atoms with E-state index in [9.17, 15) is 9.18 Å². The van der Waals surface area contributed by atoms with Crippen LogP contribution in [0.2, 0.25) is 5.02 Å². The first-order valence-corrected chi connectivity index (χ1v) is 10.5. The van der Waals surface area contributed by atoms with Gasteiger partial charge in [-0.3, -0.25) is 4.79 Å². The van der Waals surface area contributed by atoms with Gasteiger partial charge in [-0.2, -0.15) is 0 Å². The molecule has 0 unspecified atom stereocenters. The zero-order valence-electron chi connectivity index (χ0n) is 15.4. The summed E-state index contributed by atoms with van der Waals surface area (Å²) in [4.78, 5) is 24.9. The van der Waals surface area contributed by atoms with E-state index in [1.54, 1.807) is 12.1 Å². The van der Waals surface area contributed by atoms with E-state index in [2.05, 4.69) is 24.8 Å². The van der Waals surface area contributed by atoms with Crippen molar-refractivity contribution in [3.8, 4) is 10.6 Å². The van der Waals surface area contributed by atoms with Crippen molar-refractivity contribution in [3.05, 3.63) is 63.7 Å². The number of H-pyrrole nitrogens is 1. The Balaban J connectivity index is 1.43. The monoisotopic (exact) mass is 429 g/mol. The van der Waals surface area contributed by atoms with Crippen LogP contribution in [-0.2, 0) is 0 Å². The molecule has 9 heteroatoms. The normalized spacial score (nSPS) is 15.0. The first-order chi connectivity index (χ1) is 14.0. The second-order valence-corrected chi connectivity index (χ2v) is 8.69. The quantitative estimate of drug-likeness (QED) is 0.460. The molecule has 1 atom stereocenters. The zero-order chi connectivity index (χ0) is 20.1. The lowest BCUT2D eigenvalue weighted by atomic mass is 10.1. The SMILES string of the molecule is C[C@H](Nc1ncc(-c2cncn2C2CC2)s1)c1cc2cc(Cl)cc(F)c2[nH]c1=O. The molecule has 2 N–H and O–H groups in total. The Morgan fingerprint density at radius 1 is 1.34 bits per heavy atom. The fourth-order valence-electron chi connectivity index (χ4n) is 3.44. The number of rotatable bonds is 5. The van der Waals surface area contributed by atoms with Gasteiger partial charge in [0.2, 0.25) is 0 Å². The average Bonchev–Trinajstić information content (AvgIpc) is 3.22. The Labute approximate surface area is 174 Å². The molecule has 148 valence electrons. The number of aromatic nitrogens is 4. The highest BCUT2D eigenvalue weighted by Gasteiger charge is 2.26. The number of pyridine rings is 1. The minimum Gasteiger partial charge on any atom is -0.355 e. The minimum atomic E-state index is -0.548. The second-order valence-electron chi connectivity index (χ2n) is 7.22. The van der Waals surface area contributed by atoms with E-state index in [1.165, 1.54) is 30.2 Å². The third-order valence-corrected chi connectivity index (χ3v) is 6.24. The summed E-state index contributed by atoms with van der Waals surface area (Å²) in [7, 11) is 0. The molecule has 0 spiro atoms. The van der Waals surface area contributed by atoms with Gasteiger partial charge in [0.1, 0.15) is 5.82 Å². The molecular weight excluding hydrogens is 413 g/mol. The van der Waals surface area contributed by atoms with E-state index in [-0.39, 0.29) is 22.1 Å². The first-order valence-electron chi connectivity index (χ1n) is 9.26. The molecule has 0 aliphatic heterocycles. The number of aromatic amines is 1. The molecular formula is C20H17ClFN5OS. The lowest BCUT2D eigenvalue weighted by Crippen LogP contribution is -2.19. The summed E-state index contributed by atoms with van der Waals surface area (Å²) in [6.45, 7) is 1.87. The number of halogens is 2. The molecule has 0 bridgehead atoms. The molecule has 4 aromatic rings. The van der Waals surface area contributed by atoms with E-state index in [1.807, 2.05) is 25.6 Å². The van der Waals surface area contributed by atoms with Gasteiger partial charge in [-0.1, -0.05) is 22.9 Å².